The molecule has 2 aromatic rings. The zero-order chi connectivity index (χ0) is 19.7. The quantitative estimate of drug-likeness (QED) is 0.754. The zero-order valence-electron chi connectivity index (χ0n) is 15.3. The van der Waals surface area contributed by atoms with Gasteiger partial charge in [-0.15, -0.1) is 0 Å². The molecule has 1 aliphatic heterocycles. The van der Waals surface area contributed by atoms with Crippen molar-refractivity contribution in [3.63, 3.8) is 0 Å². The van der Waals surface area contributed by atoms with Crippen LogP contribution in [-0.2, 0) is 6.54 Å². The number of nitrogens with two attached hydrogens (primary N) is 1. The highest BCUT2D eigenvalue weighted by molar-refractivity contribution is 6.02. The maximum atomic E-state index is 15.0. The standard InChI is InChI=1S/C21H22F2N4O/c22-13-8-5-12(6-9-13)7-10-17-18-14(11-25-21(18)28)19(23)20(27-17)26-16-4-2-1-3-15(16)24/h5-10,15-16H,1-4,11,24H2,(H,25,28)(H,26,27)/b10-7+/t15-,16+/m0/s1. The van der Waals surface area contributed by atoms with Gasteiger partial charge in [-0.1, -0.05) is 31.1 Å². The van der Waals surface area contributed by atoms with Crippen LogP contribution in [0.15, 0.2) is 24.3 Å². The third-order valence-electron chi connectivity index (χ3n) is 5.36. The number of carbonyl (C=O) groups excluding carboxylic acids is 1. The number of amides is 1. The lowest BCUT2D eigenvalue weighted by Gasteiger charge is -2.30. The van der Waals surface area contributed by atoms with Crippen molar-refractivity contribution < 1.29 is 13.6 Å². The lowest BCUT2D eigenvalue weighted by Crippen LogP contribution is -2.43. The smallest absolute Gasteiger partial charge is 0.254 e. The second kappa shape index (κ2) is 7.67. The Labute approximate surface area is 162 Å². The fourth-order valence-corrected chi connectivity index (χ4v) is 3.79. The Kier molecular flexibility index (Phi) is 5.09. The number of rotatable bonds is 4. The van der Waals surface area contributed by atoms with Gasteiger partial charge in [-0.3, -0.25) is 4.79 Å². The van der Waals surface area contributed by atoms with E-state index in [1.165, 1.54) is 12.1 Å². The normalized spacial score (nSPS) is 21.6. The third-order valence-corrected chi connectivity index (χ3v) is 5.36. The minimum atomic E-state index is -0.509. The molecule has 146 valence electrons. The number of anilines is 1. The number of hydrogen-bond acceptors (Lipinski definition) is 4. The highest BCUT2D eigenvalue weighted by Crippen LogP contribution is 2.29. The van der Waals surface area contributed by atoms with Gasteiger partial charge in [0.2, 0.25) is 0 Å². The van der Waals surface area contributed by atoms with E-state index in [0.717, 1.165) is 31.2 Å². The van der Waals surface area contributed by atoms with E-state index < -0.39 is 5.82 Å². The molecule has 0 radical (unpaired) electrons. The number of halogens is 2. The van der Waals surface area contributed by atoms with Gasteiger partial charge in [-0.05, 0) is 36.6 Å². The number of aromatic nitrogens is 1. The number of pyridine rings is 1. The molecule has 7 heteroatoms. The summed E-state index contributed by atoms with van der Waals surface area (Å²) in [5, 5.41) is 5.81. The third kappa shape index (κ3) is 3.62. The molecule has 0 bridgehead atoms. The summed E-state index contributed by atoms with van der Waals surface area (Å²) in [4.78, 5) is 16.6. The van der Waals surface area contributed by atoms with E-state index in [0.29, 0.717) is 11.3 Å². The zero-order valence-corrected chi connectivity index (χ0v) is 15.3. The second-order valence-electron chi connectivity index (χ2n) is 7.28. The second-order valence-corrected chi connectivity index (χ2v) is 7.28. The molecule has 5 nitrogen and oxygen atoms in total. The molecule has 1 aromatic carbocycles. The van der Waals surface area contributed by atoms with Crippen LogP contribution in [0.3, 0.4) is 0 Å². The molecule has 1 fully saturated rings. The fraction of sp³-hybridized carbons (Fsp3) is 0.333. The lowest BCUT2D eigenvalue weighted by atomic mass is 9.91. The summed E-state index contributed by atoms with van der Waals surface area (Å²) in [6, 6.07) is 5.85. The summed E-state index contributed by atoms with van der Waals surface area (Å²) in [5.74, 6) is -1.06. The molecule has 0 spiro atoms. The van der Waals surface area contributed by atoms with Gasteiger partial charge in [-0.2, -0.15) is 0 Å². The van der Waals surface area contributed by atoms with Crippen molar-refractivity contribution in [3.05, 3.63) is 58.3 Å². The first-order valence-electron chi connectivity index (χ1n) is 9.49. The summed E-state index contributed by atoms with van der Waals surface area (Å²) >= 11 is 0. The van der Waals surface area contributed by atoms with Crippen LogP contribution in [0.1, 0.15) is 52.9 Å². The summed E-state index contributed by atoms with van der Waals surface area (Å²) in [6.45, 7) is 0.130. The summed E-state index contributed by atoms with van der Waals surface area (Å²) in [7, 11) is 0. The van der Waals surface area contributed by atoms with Gasteiger partial charge in [-0.25, -0.2) is 13.8 Å². The predicted molar refractivity (Wildman–Crippen MR) is 105 cm³/mol. The Balaban J connectivity index is 1.69. The van der Waals surface area contributed by atoms with Crippen LogP contribution >= 0.6 is 0 Å². The monoisotopic (exact) mass is 384 g/mol. The van der Waals surface area contributed by atoms with Crippen LogP contribution in [-0.4, -0.2) is 23.0 Å². The van der Waals surface area contributed by atoms with E-state index in [1.54, 1.807) is 24.3 Å². The van der Waals surface area contributed by atoms with Gasteiger partial charge in [0, 0.05) is 24.2 Å². The molecule has 1 aromatic heterocycles. The number of hydrogen-bond donors (Lipinski definition) is 3. The van der Waals surface area contributed by atoms with Crippen molar-refractivity contribution in [2.75, 3.05) is 5.32 Å². The highest BCUT2D eigenvalue weighted by Gasteiger charge is 2.30. The number of nitrogens with one attached hydrogen (secondary N) is 2. The SMILES string of the molecule is N[C@H]1CCCC[C@H]1Nc1nc(/C=C/c2ccc(F)cc2)c2c(c1F)CNC2=O. The van der Waals surface area contributed by atoms with Crippen LogP contribution < -0.4 is 16.4 Å². The van der Waals surface area contributed by atoms with E-state index in [4.69, 9.17) is 5.73 Å². The fourth-order valence-electron chi connectivity index (χ4n) is 3.79. The van der Waals surface area contributed by atoms with E-state index in [2.05, 4.69) is 15.6 Å². The highest BCUT2D eigenvalue weighted by atomic mass is 19.1. The molecule has 2 aliphatic rings. The molecular weight excluding hydrogens is 362 g/mol. The minimum absolute atomic E-state index is 0.0483. The number of fused-ring (bicyclic) bond motifs is 1. The Bertz CT molecular complexity index is 927. The Morgan fingerprint density at radius 2 is 1.89 bits per heavy atom. The van der Waals surface area contributed by atoms with Gasteiger partial charge >= 0.3 is 0 Å². The minimum Gasteiger partial charge on any atom is -0.363 e. The van der Waals surface area contributed by atoms with Crippen molar-refractivity contribution in [1.82, 2.24) is 10.3 Å². The van der Waals surface area contributed by atoms with E-state index in [-0.39, 0.29) is 41.7 Å². The summed E-state index contributed by atoms with van der Waals surface area (Å²) < 4.78 is 28.1. The first kappa shape index (κ1) is 18.6. The molecule has 2 atom stereocenters. The van der Waals surface area contributed by atoms with Crippen molar-refractivity contribution in [2.24, 2.45) is 5.73 Å². The molecule has 1 aliphatic carbocycles. The van der Waals surface area contributed by atoms with Crippen molar-refractivity contribution in [2.45, 2.75) is 44.3 Å². The number of nitrogens with zero attached hydrogens (tertiary/aromatic N) is 1. The molecule has 2 heterocycles. The maximum absolute atomic E-state index is 15.0. The Morgan fingerprint density at radius 1 is 1.14 bits per heavy atom. The summed E-state index contributed by atoms with van der Waals surface area (Å²) in [6.07, 6.45) is 7.24. The van der Waals surface area contributed by atoms with Crippen molar-refractivity contribution >= 4 is 23.9 Å². The molecule has 4 N–H and O–H groups in total. The van der Waals surface area contributed by atoms with Gasteiger partial charge in [0.15, 0.2) is 11.6 Å². The Morgan fingerprint density at radius 3 is 2.64 bits per heavy atom. The first-order chi connectivity index (χ1) is 13.5. The van der Waals surface area contributed by atoms with Gasteiger partial charge in [0.1, 0.15) is 5.82 Å². The maximum Gasteiger partial charge on any atom is 0.254 e. The number of carbonyl (C=O) groups is 1. The summed E-state index contributed by atoms with van der Waals surface area (Å²) in [5.41, 5.74) is 7.86. The topological polar surface area (TPSA) is 80.0 Å². The molecule has 1 saturated carbocycles. The molecule has 28 heavy (non-hydrogen) atoms. The van der Waals surface area contributed by atoms with Gasteiger partial charge < -0.3 is 16.4 Å². The Hall–Kier alpha value is -2.80. The van der Waals surface area contributed by atoms with E-state index >= 15 is 0 Å². The van der Waals surface area contributed by atoms with Crippen LogP contribution in [0.5, 0.6) is 0 Å². The largest absolute Gasteiger partial charge is 0.363 e. The van der Waals surface area contributed by atoms with Crippen LogP contribution in [0.25, 0.3) is 12.2 Å². The molecule has 1 amide bonds. The van der Waals surface area contributed by atoms with Crippen LogP contribution in [0, 0.1) is 11.6 Å². The number of benzene rings is 1. The van der Waals surface area contributed by atoms with Crippen molar-refractivity contribution in [1.29, 1.82) is 0 Å². The lowest BCUT2D eigenvalue weighted by molar-refractivity contribution is 0.0965. The van der Waals surface area contributed by atoms with Crippen LogP contribution in [0.2, 0.25) is 0 Å². The average Bonchev–Trinajstić information content (AvgIpc) is 3.08. The molecule has 0 saturated heterocycles. The predicted octanol–water partition coefficient (Wildman–Crippen LogP) is 3.46. The van der Waals surface area contributed by atoms with Gasteiger partial charge in [0.25, 0.3) is 5.91 Å². The molecular formula is C21H22F2N4O. The molecule has 4 rings (SSSR count). The average molecular weight is 384 g/mol. The molecule has 0 unspecified atom stereocenters. The van der Waals surface area contributed by atoms with E-state index in [9.17, 15) is 13.6 Å². The first-order valence-corrected chi connectivity index (χ1v) is 9.49. The van der Waals surface area contributed by atoms with Gasteiger partial charge in [0.05, 0.1) is 11.3 Å². The van der Waals surface area contributed by atoms with Crippen LogP contribution in [0.4, 0.5) is 14.6 Å². The van der Waals surface area contributed by atoms with E-state index in [1.807, 2.05) is 0 Å². The van der Waals surface area contributed by atoms with Crippen molar-refractivity contribution in [3.8, 4) is 0 Å².